The Kier molecular flexibility index (Phi) is 35.6. The lowest BCUT2D eigenvalue weighted by atomic mass is 10.0. The van der Waals surface area contributed by atoms with Crippen LogP contribution in [0.4, 0.5) is 0 Å². The zero-order chi connectivity index (χ0) is 36.1. The summed E-state index contributed by atoms with van der Waals surface area (Å²) in [5, 5.41) is 13.5. The van der Waals surface area contributed by atoms with E-state index in [4.69, 9.17) is 14.8 Å². The molecule has 1 amide bonds. The molecule has 0 bridgehead atoms. The monoisotopic (exact) mass is 713 g/mol. The molecule has 0 radical (unpaired) electrons. The molecule has 0 saturated carbocycles. The summed E-state index contributed by atoms with van der Waals surface area (Å²) in [6, 6.07) is -0.874. The number of nitrogens with two attached hydrogens (primary N) is 1. The average Bonchev–Trinajstić information content (AvgIpc) is 3.09. The van der Waals surface area contributed by atoms with E-state index in [-0.39, 0.29) is 25.7 Å². The molecule has 0 heterocycles. The molecule has 0 aromatic rings. The number of phosphoric ester groups is 1. The number of unbranched alkanes of at least 4 members (excludes halogenated alkanes) is 21. The predicted octanol–water partition coefficient (Wildman–Crippen LogP) is 10.8. The number of rotatable bonds is 37. The highest BCUT2D eigenvalue weighted by Crippen LogP contribution is 2.43. The Morgan fingerprint density at radius 3 is 1.61 bits per heavy atom. The van der Waals surface area contributed by atoms with E-state index in [1.807, 2.05) is 6.08 Å². The lowest BCUT2D eigenvalue weighted by Gasteiger charge is -2.23. The lowest BCUT2D eigenvalue weighted by molar-refractivity contribution is -0.123. The largest absolute Gasteiger partial charge is 0.472 e. The zero-order valence-corrected chi connectivity index (χ0v) is 32.6. The first-order valence-electron chi connectivity index (χ1n) is 20.1. The summed E-state index contributed by atoms with van der Waals surface area (Å²) in [5.41, 5.74) is 5.35. The summed E-state index contributed by atoms with van der Waals surface area (Å²) in [4.78, 5) is 22.6. The van der Waals surface area contributed by atoms with Gasteiger partial charge in [0.25, 0.3) is 0 Å². The second-order valence-corrected chi connectivity index (χ2v) is 14.9. The molecular formula is C40H77N2O6P. The SMILES string of the molecule is CCCCC/C=C/CC/C=C/C(O)C(COP(=O)(O)OCCN)NC(=O)CCCCCCCCCCC/C=C\CCCCCCCCCC. The van der Waals surface area contributed by atoms with Gasteiger partial charge in [0.05, 0.1) is 25.4 Å². The van der Waals surface area contributed by atoms with Crippen molar-refractivity contribution in [2.24, 2.45) is 5.73 Å². The van der Waals surface area contributed by atoms with E-state index in [0.717, 1.165) is 38.5 Å². The van der Waals surface area contributed by atoms with E-state index in [1.165, 1.54) is 122 Å². The van der Waals surface area contributed by atoms with Crippen LogP contribution in [0.5, 0.6) is 0 Å². The van der Waals surface area contributed by atoms with Crippen molar-refractivity contribution in [1.29, 1.82) is 0 Å². The van der Waals surface area contributed by atoms with Gasteiger partial charge in [0.1, 0.15) is 0 Å². The maximum atomic E-state index is 12.7. The van der Waals surface area contributed by atoms with E-state index in [9.17, 15) is 19.4 Å². The van der Waals surface area contributed by atoms with E-state index in [2.05, 4.69) is 43.5 Å². The van der Waals surface area contributed by atoms with Gasteiger partial charge < -0.3 is 21.1 Å². The number of nitrogens with one attached hydrogen (secondary N) is 1. The number of hydrogen-bond acceptors (Lipinski definition) is 6. The van der Waals surface area contributed by atoms with Crippen LogP contribution in [0, 0.1) is 0 Å². The van der Waals surface area contributed by atoms with Crippen LogP contribution in [-0.4, -0.2) is 47.8 Å². The van der Waals surface area contributed by atoms with Crippen molar-refractivity contribution in [3.05, 3.63) is 36.5 Å². The Balaban J connectivity index is 4.13. The smallest absolute Gasteiger partial charge is 0.387 e. The van der Waals surface area contributed by atoms with Crippen LogP contribution < -0.4 is 11.1 Å². The summed E-state index contributed by atoms with van der Waals surface area (Å²) >= 11 is 0. The third-order valence-corrected chi connectivity index (χ3v) is 9.67. The fourth-order valence-corrected chi connectivity index (χ4v) is 6.37. The van der Waals surface area contributed by atoms with Crippen molar-refractivity contribution in [1.82, 2.24) is 5.32 Å². The van der Waals surface area contributed by atoms with E-state index in [1.54, 1.807) is 6.08 Å². The average molecular weight is 713 g/mol. The fraction of sp³-hybridized carbons (Fsp3) is 0.825. The first-order chi connectivity index (χ1) is 23.9. The molecule has 3 unspecified atom stereocenters. The number of carbonyl (C=O) groups excluding carboxylic acids is 1. The number of amides is 1. The summed E-state index contributed by atoms with van der Waals surface area (Å²) in [6.07, 6.45) is 42.1. The maximum Gasteiger partial charge on any atom is 0.472 e. The molecule has 5 N–H and O–H groups in total. The van der Waals surface area contributed by atoms with E-state index in [0.29, 0.717) is 6.42 Å². The van der Waals surface area contributed by atoms with Gasteiger partial charge in [0, 0.05) is 13.0 Å². The van der Waals surface area contributed by atoms with Crippen LogP contribution in [0.2, 0.25) is 0 Å². The lowest BCUT2D eigenvalue weighted by Crippen LogP contribution is -2.45. The normalized spacial score (nSPS) is 14.6. The Morgan fingerprint density at radius 2 is 1.08 bits per heavy atom. The van der Waals surface area contributed by atoms with Crippen LogP contribution >= 0.6 is 7.82 Å². The summed E-state index contributed by atoms with van der Waals surface area (Å²) < 4.78 is 22.0. The molecule has 0 aliphatic carbocycles. The molecule has 0 aromatic carbocycles. The van der Waals surface area contributed by atoms with Gasteiger partial charge in [0.2, 0.25) is 5.91 Å². The molecule has 9 heteroatoms. The van der Waals surface area contributed by atoms with Gasteiger partial charge in [-0.1, -0.05) is 153 Å². The van der Waals surface area contributed by atoms with Gasteiger partial charge >= 0.3 is 7.82 Å². The van der Waals surface area contributed by atoms with E-state index < -0.39 is 20.0 Å². The molecule has 0 aliphatic rings. The predicted molar refractivity (Wildman–Crippen MR) is 208 cm³/mol. The van der Waals surface area contributed by atoms with Gasteiger partial charge in [-0.05, 0) is 57.8 Å². The third-order valence-electron chi connectivity index (χ3n) is 8.69. The highest BCUT2D eigenvalue weighted by molar-refractivity contribution is 7.47. The Bertz CT molecular complexity index is 866. The number of carbonyl (C=O) groups is 1. The highest BCUT2D eigenvalue weighted by Gasteiger charge is 2.26. The molecule has 0 aromatic heterocycles. The van der Waals surface area contributed by atoms with Gasteiger partial charge in [-0.2, -0.15) is 0 Å². The number of aliphatic hydroxyl groups excluding tert-OH is 1. The van der Waals surface area contributed by atoms with Crippen molar-refractivity contribution >= 4 is 13.7 Å². The fourth-order valence-electron chi connectivity index (χ4n) is 5.61. The Morgan fingerprint density at radius 1 is 0.653 bits per heavy atom. The van der Waals surface area contributed by atoms with Crippen LogP contribution in [-0.2, 0) is 18.4 Å². The van der Waals surface area contributed by atoms with Crippen molar-refractivity contribution in [2.45, 2.75) is 193 Å². The Labute approximate surface area is 301 Å². The summed E-state index contributed by atoms with van der Waals surface area (Å²) in [6.45, 7) is 4.05. The quantitative estimate of drug-likeness (QED) is 0.0286. The maximum absolute atomic E-state index is 12.7. The van der Waals surface area contributed by atoms with Crippen molar-refractivity contribution in [3.8, 4) is 0 Å². The number of phosphoric acid groups is 1. The van der Waals surface area contributed by atoms with E-state index >= 15 is 0 Å². The number of aliphatic hydroxyl groups is 1. The topological polar surface area (TPSA) is 131 Å². The minimum atomic E-state index is -4.34. The van der Waals surface area contributed by atoms with Crippen molar-refractivity contribution in [3.63, 3.8) is 0 Å². The first-order valence-corrected chi connectivity index (χ1v) is 21.6. The summed E-state index contributed by atoms with van der Waals surface area (Å²) in [5.74, 6) is -0.210. The van der Waals surface area contributed by atoms with Gasteiger partial charge in [-0.25, -0.2) is 4.57 Å². The van der Waals surface area contributed by atoms with Gasteiger partial charge in [-0.15, -0.1) is 0 Å². The first kappa shape index (κ1) is 47.7. The minimum absolute atomic E-state index is 0.0732. The van der Waals surface area contributed by atoms with Gasteiger partial charge in [0.15, 0.2) is 0 Å². The summed E-state index contributed by atoms with van der Waals surface area (Å²) in [7, 11) is -4.34. The number of allylic oxidation sites excluding steroid dienone is 5. The molecule has 0 spiro atoms. The third kappa shape index (κ3) is 34.9. The molecule has 288 valence electrons. The van der Waals surface area contributed by atoms with Crippen molar-refractivity contribution in [2.75, 3.05) is 19.8 Å². The molecule has 49 heavy (non-hydrogen) atoms. The molecule has 0 saturated heterocycles. The molecular weight excluding hydrogens is 635 g/mol. The van der Waals surface area contributed by atoms with Crippen LogP contribution in [0.25, 0.3) is 0 Å². The van der Waals surface area contributed by atoms with Crippen LogP contribution in [0.1, 0.15) is 181 Å². The van der Waals surface area contributed by atoms with Crippen LogP contribution in [0.15, 0.2) is 36.5 Å². The highest BCUT2D eigenvalue weighted by atomic mass is 31.2. The molecule has 0 fully saturated rings. The number of hydrogen-bond donors (Lipinski definition) is 4. The molecule has 0 aliphatic heterocycles. The van der Waals surface area contributed by atoms with Crippen LogP contribution in [0.3, 0.4) is 0 Å². The zero-order valence-electron chi connectivity index (χ0n) is 31.7. The van der Waals surface area contributed by atoms with Crippen molar-refractivity contribution < 1.29 is 28.4 Å². The second-order valence-electron chi connectivity index (χ2n) is 13.5. The molecule has 3 atom stereocenters. The molecule has 0 rings (SSSR count). The Hall–Kier alpha value is -1.28. The van der Waals surface area contributed by atoms with Gasteiger partial charge in [-0.3, -0.25) is 13.8 Å². The molecule has 8 nitrogen and oxygen atoms in total. The minimum Gasteiger partial charge on any atom is -0.387 e. The standard InChI is InChI=1S/C40H77N2O6P/c1-3-5-7-9-11-13-14-15-16-17-18-19-20-21-22-23-24-26-28-30-32-34-40(44)42-38(37-48-49(45,46)47-36-35-41)39(43)33-31-29-27-25-12-10-8-6-4-2/h12,17-18,25,31,33,38-39,43H,3-11,13-16,19-24,26-30,32,34-37,41H2,1-2H3,(H,42,44)(H,45,46)/b18-17-,25-12+,33-31+. The second kappa shape index (κ2) is 36.5.